The number of ketones is 1. The van der Waals surface area contributed by atoms with Crippen LogP contribution in [-0.2, 0) is 9.53 Å². The first kappa shape index (κ1) is 20.0. The third kappa shape index (κ3) is 3.79. The summed E-state index contributed by atoms with van der Waals surface area (Å²) in [6, 6.07) is 4.95. The smallest absolute Gasteiger partial charge is 0.340 e. The lowest BCUT2D eigenvalue weighted by Gasteiger charge is -2.13. The highest BCUT2D eigenvalue weighted by molar-refractivity contribution is 6.43. The highest BCUT2D eigenvalue weighted by atomic mass is 16.5. The molecule has 0 saturated carbocycles. The van der Waals surface area contributed by atoms with Crippen molar-refractivity contribution in [3.05, 3.63) is 35.2 Å². The molecule has 0 saturated heterocycles. The second-order valence-corrected chi connectivity index (χ2v) is 5.57. The Morgan fingerprint density at radius 2 is 1.85 bits per heavy atom. The number of rotatable bonds is 7. The number of Topliss-reactive ketones (excluding diaryl/α,β-unsaturated/α-hetero) is 1. The molecule has 8 heteroatoms. The van der Waals surface area contributed by atoms with Crippen LogP contribution in [0, 0.1) is 6.92 Å². The third-order valence-electron chi connectivity index (χ3n) is 4.01. The fourth-order valence-corrected chi connectivity index (χ4v) is 2.76. The van der Waals surface area contributed by atoms with Crippen LogP contribution in [0.15, 0.2) is 18.2 Å². The summed E-state index contributed by atoms with van der Waals surface area (Å²) in [5, 5.41) is 2.30. The summed E-state index contributed by atoms with van der Waals surface area (Å²) in [6.07, 6.45) is 0. The molecule has 0 fully saturated rings. The fourth-order valence-electron chi connectivity index (χ4n) is 2.76. The quantitative estimate of drug-likeness (QED) is 0.437. The van der Waals surface area contributed by atoms with Gasteiger partial charge in [0.05, 0.1) is 26.4 Å². The van der Waals surface area contributed by atoms with Gasteiger partial charge in [0.25, 0.3) is 11.7 Å². The average Bonchev–Trinajstić information content (AvgIpc) is 3.03. The van der Waals surface area contributed by atoms with Gasteiger partial charge in [0.1, 0.15) is 17.2 Å². The van der Waals surface area contributed by atoms with Crippen molar-refractivity contribution < 1.29 is 28.6 Å². The van der Waals surface area contributed by atoms with E-state index < -0.39 is 17.7 Å². The van der Waals surface area contributed by atoms with Crippen LogP contribution >= 0.6 is 0 Å². The number of carbonyl (C=O) groups is 3. The Morgan fingerprint density at radius 3 is 2.41 bits per heavy atom. The van der Waals surface area contributed by atoms with Gasteiger partial charge in [-0.1, -0.05) is 0 Å². The molecule has 0 unspecified atom stereocenters. The largest absolute Gasteiger partial charge is 0.497 e. The molecule has 2 N–H and O–H groups in total. The number of hydrogen-bond acceptors (Lipinski definition) is 6. The van der Waals surface area contributed by atoms with Crippen molar-refractivity contribution in [2.75, 3.05) is 27.9 Å². The molecule has 2 rings (SSSR count). The molecule has 0 aliphatic heterocycles. The molecule has 0 aliphatic rings. The zero-order valence-electron chi connectivity index (χ0n) is 15.9. The Hall–Kier alpha value is -3.29. The molecular weight excluding hydrogens is 352 g/mol. The highest BCUT2D eigenvalue weighted by Gasteiger charge is 2.30. The molecule has 1 amide bonds. The second kappa shape index (κ2) is 8.39. The van der Waals surface area contributed by atoms with E-state index in [1.807, 2.05) is 0 Å². The number of aromatic nitrogens is 1. The molecule has 0 spiro atoms. The molecule has 0 radical (unpaired) electrons. The molecular formula is C19H22N2O6. The van der Waals surface area contributed by atoms with Crippen LogP contribution in [0.1, 0.15) is 33.5 Å². The SMILES string of the molecule is CCOC(=O)c1c(C)[nH]c(C(=O)C(=O)NC)c1-c1ccc(OC)cc1OC. The van der Waals surface area contributed by atoms with E-state index in [9.17, 15) is 14.4 Å². The zero-order chi connectivity index (χ0) is 20.1. The third-order valence-corrected chi connectivity index (χ3v) is 4.01. The Kier molecular flexibility index (Phi) is 6.23. The van der Waals surface area contributed by atoms with Gasteiger partial charge >= 0.3 is 5.97 Å². The predicted molar refractivity (Wildman–Crippen MR) is 98.4 cm³/mol. The number of hydrogen-bond donors (Lipinski definition) is 2. The lowest BCUT2D eigenvalue weighted by atomic mass is 9.97. The van der Waals surface area contributed by atoms with Crippen LogP contribution in [0.4, 0.5) is 0 Å². The van der Waals surface area contributed by atoms with Gasteiger partial charge in [0, 0.05) is 29.9 Å². The first-order valence-corrected chi connectivity index (χ1v) is 8.28. The van der Waals surface area contributed by atoms with Crippen LogP contribution in [0.25, 0.3) is 11.1 Å². The number of carbonyl (C=O) groups excluding carboxylic acids is 3. The number of aromatic amines is 1. The molecule has 1 aromatic carbocycles. The van der Waals surface area contributed by atoms with E-state index in [1.54, 1.807) is 32.0 Å². The monoisotopic (exact) mass is 374 g/mol. The Morgan fingerprint density at radius 1 is 1.15 bits per heavy atom. The van der Waals surface area contributed by atoms with Crippen LogP contribution in [0.5, 0.6) is 11.5 Å². The molecule has 8 nitrogen and oxygen atoms in total. The standard InChI is InChI=1S/C19H22N2O6/c1-6-27-19(24)14-10(2)21-16(17(22)18(23)20-3)15(14)12-8-7-11(25-4)9-13(12)26-5/h7-9,21H,6H2,1-5H3,(H,20,23). The van der Waals surface area contributed by atoms with Gasteiger partial charge in [-0.2, -0.15) is 0 Å². The van der Waals surface area contributed by atoms with Gasteiger partial charge in [-0.3, -0.25) is 9.59 Å². The summed E-state index contributed by atoms with van der Waals surface area (Å²) in [6.45, 7) is 3.48. The molecule has 0 aliphatic carbocycles. The number of H-pyrrole nitrogens is 1. The van der Waals surface area contributed by atoms with Crippen molar-refractivity contribution in [2.24, 2.45) is 0 Å². The Labute approximate surface area is 156 Å². The summed E-state index contributed by atoms with van der Waals surface area (Å²) >= 11 is 0. The van der Waals surface area contributed by atoms with Crippen LogP contribution in [-0.4, -0.2) is 50.5 Å². The molecule has 2 aromatic rings. The Bertz CT molecular complexity index is 885. The fraction of sp³-hybridized carbons (Fsp3) is 0.316. The van der Waals surface area contributed by atoms with Gasteiger partial charge in [-0.25, -0.2) is 4.79 Å². The second-order valence-electron chi connectivity index (χ2n) is 5.57. The van der Waals surface area contributed by atoms with E-state index in [0.717, 1.165) is 0 Å². The Balaban J connectivity index is 2.81. The number of likely N-dealkylation sites (N-methyl/N-ethyl adjacent to an activating group) is 1. The van der Waals surface area contributed by atoms with E-state index in [4.69, 9.17) is 14.2 Å². The van der Waals surface area contributed by atoms with E-state index in [2.05, 4.69) is 10.3 Å². The summed E-state index contributed by atoms with van der Waals surface area (Å²) in [5.74, 6) is -1.29. The number of esters is 1. The first-order valence-electron chi connectivity index (χ1n) is 8.28. The summed E-state index contributed by atoms with van der Waals surface area (Å²) < 4.78 is 15.7. The minimum atomic E-state index is -0.805. The number of methoxy groups -OCH3 is 2. The van der Waals surface area contributed by atoms with E-state index in [-0.39, 0.29) is 23.4 Å². The minimum absolute atomic E-state index is 0.0154. The predicted octanol–water partition coefficient (Wildman–Crippen LogP) is 2.11. The normalized spacial score (nSPS) is 10.3. The van der Waals surface area contributed by atoms with Crippen molar-refractivity contribution >= 4 is 17.7 Å². The topological polar surface area (TPSA) is 107 Å². The van der Waals surface area contributed by atoms with E-state index >= 15 is 0 Å². The van der Waals surface area contributed by atoms with Crippen LogP contribution in [0.3, 0.4) is 0 Å². The van der Waals surface area contributed by atoms with Gasteiger partial charge in [0.15, 0.2) is 0 Å². The summed E-state index contributed by atoms with van der Waals surface area (Å²) in [7, 11) is 4.33. The molecule has 0 bridgehead atoms. The number of nitrogens with one attached hydrogen (secondary N) is 2. The number of ether oxygens (including phenoxy) is 3. The molecule has 144 valence electrons. The van der Waals surface area contributed by atoms with Crippen molar-refractivity contribution in [1.82, 2.24) is 10.3 Å². The van der Waals surface area contributed by atoms with Gasteiger partial charge in [0.2, 0.25) is 0 Å². The highest BCUT2D eigenvalue weighted by Crippen LogP contribution is 2.39. The van der Waals surface area contributed by atoms with Crippen LogP contribution in [0.2, 0.25) is 0 Å². The molecule has 27 heavy (non-hydrogen) atoms. The summed E-state index contributed by atoms with van der Waals surface area (Å²) in [4.78, 5) is 39.9. The summed E-state index contributed by atoms with van der Waals surface area (Å²) in [5.41, 5.74) is 1.27. The number of aryl methyl sites for hydroxylation is 1. The number of amides is 1. The van der Waals surface area contributed by atoms with Crippen LogP contribution < -0.4 is 14.8 Å². The van der Waals surface area contributed by atoms with Crippen molar-refractivity contribution in [3.8, 4) is 22.6 Å². The van der Waals surface area contributed by atoms with Gasteiger partial charge in [-0.15, -0.1) is 0 Å². The van der Waals surface area contributed by atoms with Crippen molar-refractivity contribution in [2.45, 2.75) is 13.8 Å². The average molecular weight is 374 g/mol. The first-order chi connectivity index (χ1) is 12.9. The minimum Gasteiger partial charge on any atom is -0.497 e. The lowest BCUT2D eigenvalue weighted by molar-refractivity contribution is -0.116. The van der Waals surface area contributed by atoms with Crippen molar-refractivity contribution in [3.63, 3.8) is 0 Å². The van der Waals surface area contributed by atoms with E-state index in [0.29, 0.717) is 22.8 Å². The number of benzene rings is 1. The molecule has 1 aromatic heterocycles. The zero-order valence-corrected chi connectivity index (χ0v) is 15.9. The lowest BCUT2D eigenvalue weighted by Crippen LogP contribution is -2.28. The van der Waals surface area contributed by atoms with Crippen molar-refractivity contribution in [1.29, 1.82) is 0 Å². The van der Waals surface area contributed by atoms with E-state index in [1.165, 1.54) is 21.3 Å². The maximum atomic E-state index is 12.6. The van der Waals surface area contributed by atoms with Gasteiger partial charge in [-0.05, 0) is 26.0 Å². The van der Waals surface area contributed by atoms with Gasteiger partial charge < -0.3 is 24.5 Å². The molecule has 0 atom stereocenters. The molecule has 1 heterocycles. The maximum absolute atomic E-state index is 12.6. The maximum Gasteiger partial charge on any atom is 0.340 e.